The molecule has 0 saturated carbocycles. The van der Waals surface area contributed by atoms with Crippen molar-refractivity contribution in [2.45, 2.75) is 34.1 Å². The highest BCUT2D eigenvalue weighted by atomic mass is 32.1. The summed E-state index contributed by atoms with van der Waals surface area (Å²) in [5.41, 5.74) is 7.51. The van der Waals surface area contributed by atoms with E-state index in [1.165, 1.54) is 0 Å². The fourth-order valence-corrected chi connectivity index (χ4v) is 1.99. The van der Waals surface area contributed by atoms with Crippen LogP contribution in [0.25, 0.3) is 0 Å². The van der Waals surface area contributed by atoms with Crippen LogP contribution in [-0.2, 0) is 0 Å². The van der Waals surface area contributed by atoms with Crippen molar-refractivity contribution in [2.75, 3.05) is 13.1 Å². The first kappa shape index (κ1) is 16.5. The Morgan fingerprint density at radius 1 is 1.40 bits per heavy atom. The fraction of sp³-hybridized carbons (Fsp3) is 0.571. The molecule has 6 heteroatoms. The minimum absolute atomic E-state index is 0.0366. The van der Waals surface area contributed by atoms with Gasteiger partial charge < -0.3 is 10.6 Å². The van der Waals surface area contributed by atoms with E-state index in [0.29, 0.717) is 41.7 Å². The highest BCUT2D eigenvalue weighted by Gasteiger charge is 2.19. The van der Waals surface area contributed by atoms with Crippen LogP contribution < -0.4 is 5.73 Å². The van der Waals surface area contributed by atoms with Gasteiger partial charge in [-0.2, -0.15) is 10.2 Å². The first-order valence-corrected chi connectivity index (χ1v) is 7.10. The Labute approximate surface area is 125 Å². The predicted octanol–water partition coefficient (Wildman–Crippen LogP) is 1.87. The zero-order chi connectivity index (χ0) is 15.3. The van der Waals surface area contributed by atoms with Crippen LogP contribution in [0.15, 0.2) is 6.07 Å². The van der Waals surface area contributed by atoms with Gasteiger partial charge in [0.05, 0.1) is 21.9 Å². The molecule has 0 fully saturated rings. The molecule has 0 aliphatic heterocycles. The van der Waals surface area contributed by atoms with Gasteiger partial charge in [-0.3, -0.25) is 4.79 Å². The molecule has 1 aromatic heterocycles. The van der Waals surface area contributed by atoms with Crippen molar-refractivity contribution in [1.29, 1.82) is 0 Å². The zero-order valence-corrected chi connectivity index (χ0v) is 13.3. The van der Waals surface area contributed by atoms with E-state index in [0.717, 1.165) is 5.69 Å². The standard InChI is InChI=1S/C14H22N4OS/c1-9(2)8-18(6-5-13(15)20)14(19)12-7-10(3)16-17-11(12)4/h7,9H,5-6,8H2,1-4H3,(H2,15,20). The normalized spacial score (nSPS) is 10.7. The lowest BCUT2D eigenvalue weighted by Gasteiger charge is -2.25. The van der Waals surface area contributed by atoms with Gasteiger partial charge in [-0.1, -0.05) is 26.1 Å². The van der Waals surface area contributed by atoms with Crippen molar-refractivity contribution in [1.82, 2.24) is 15.1 Å². The molecule has 1 amide bonds. The van der Waals surface area contributed by atoms with Crippen molar-refractivity contribution in [2.24, 2.45) is 11.7 Å². The van der Waals surface area contributed by atoms with Gasteiger partial charge >= 0.3 is 0 Å². The van der Waals surface area contributed by atoms with Gasteiger partial charge in [0.25, 0.3) is 5.91 Å². The van der Waals surface area contributed by atoms with E-state index in [-0.39, 0.29) is 5.91 Å². The zero-order valence-electron chi connectivity index (χ0n) is 12.5. The number of amides is 1. The number of aryl methyl sites for hydroxylation is 2. The second-order valence-electron chi connectivity index (χ2n) is 5.35. The highest BCUT2D eigenvalue weighted by Crippen LogP contribution is 2.12. The molecule has 0 spiro atoms. The first-order valence-electron chi connectivity index (χ1n) is 6.69. The monoisotopic (exact) mass is 294 g/mol. The number of carbonyl (C=O) groups excluding carboxylic acids is 1. The van der Waals surface area contributed by atoms with Crippen molar-refractivity contribution < 1.29 is 4.79 Å². The van der Waals surface area contributed by atoms with E-state index >= 15 is 0 Å². The largest absolute Gasteiger partial charge is 0.393 e. The number of nitrogens with two attached hydrogens (primary N) is 1. The topological polar surface area (TPSA) is 72.1 Å². The number of carbonyl (C=O) groups is 1. The summed E-state index contributed by atoms with van der Waals surface area (Å²) in [4.78, 5) is 14.8. The summed E-state index contributed by atoms with van der Waals surface area (Å²) in [5.74, 6) is 0.340. The second-order valence-corrected chi connectivity index (χ2v) is 5.87. The number of rotatable bonds is 6. The third kappa shape index (κ3) is 4.85. The third-order valence-electron chi connectivity index (χ3n) is 2.83. The van der Waals surface area contributed by atoms with Gasteiger partial charge in [-0.15, -0.1) is 0 Å². The average Bonchev–Trinajstić information content (AvgIpc) is 2.36. The number of thiocarbonyl (C=S) groups is 1. The minimum Gasteiger partial charge on any atom is -0.393 e. The summed E-state index contributed by atoms with van der Waals surface area (Å²) >= 11 is 4.89. The van der Waals surface area contributed by atoms with Gasteiger partial charge in [0, 0.05) is 19.5 Å². The van der Waals surface area contributed by atoms with E-state index in [2.05, 4.69) is 24.0 Å². The van der Waals surface area contributed by atoms with Gasteiger partial charge in [0.1, 0.15) is 0 Å². The smallest absolute Gasteiger partial charge is 0.255 e. The molecule has 20 heavy (non-hydrogen) atoms. The lowest BCUT2D eigenvalue weighted by atomic mass is 10.1. The second kappa shape index (κ2) is 7.28. The quantitative estimate of drug-likeness (QED) is 0.811. The number of hydrogen-bond acceptors (Lipinski definition) is 4. The average molecular weight is 294 g/mol. The lowest BCUT2D eigenvalue weighted by molar-refractivity contribution is 0.0739. The van der Waals surface area contributed by atoms with Crippen molar-refractivity contribution in [3.63, 3.8) is 0 Å². The number of nitrogens with zero attached hydrogens (tertiary/aromatic N) is 3. The predicted molar refractivity (Wildman–Crippen MR) is 83.6 cm³/mol. The SMILES string of the molecule is Cc1cc(C(=O)N(CCC(N)=S)CC(C)C)c(C)nn1. The Morgan fingerprint density at radius 3 is 2.60 bits per heavy atom. The maximum absolute atomic E-state index is 12.6. The summed E-state index contributed by atoms with van der Waals surface area (Å²) in [6, 6.07) is 1.78. The van der Waals surface area contributed by atoms with Gasteiger partial charge in [-0.25, -0.2) is 0 Å². The summed E-state index contributed by atoms with van der Waals surface area (Å²) < 4.78 is 0. The molecule has 0 atom stereocenters. The molecular formula is C14H22N4OS. The summed E-state index contributed by atoms with van der Waals surface area (Å²) in [6.07, 6.45) is 0.532. The molecule has 2 N–H and O–H groups in total. The molecule has 5 nitrogen and oxygen atoms in total. The van der Waals surface area contributed by atoms with Crippen LogP contribution in [0.2, 0.25) is 0 Å². The van der Waals surface area contributed by atoms with Crippen LogP contribution in [-0.4, -0.2) is 39.1 Å². The fourth-order valence-electron chi connectivity index (χ4n) is 1.90. The van der Waals surface area contributed by atoms with Crippen molar-refractivity contribution >= 4 is 23.1 Å². The minimum atomic E-state index is -0.0366. The molecular weight excluding hydrogens is 272 g/mol. The molecule has 0 bridgehead atoms. The molecule has 0 saturated heterocycles. The van der Waals surface area contributed by atoms with Gasteiger partial charge in [0.2, 0.25) is 0 Å². The lowest BCUT2D eigenvalue weighted by Crippen LogP contribution is -2.37. The van der Waals surface area contributed by atoms with Crippen LogP contribution in [0.4, 0.5) is 0 Å². The van der Waals surface area contributed by atoms with Gasteiger partial charge in [-0.05, 0) is 25.8 Å². The maximum Gasteiger partial charge on any atom is 0.255 e. The molecule has 0 aliphatic carbocycles. The Kier molecular flexibility index (Phi) is 6.01. The first-order chi connectivity index (χ1) is 9.31. The molecule has 0 aliphatic rings. The summed E-state index contributed by atoms with van der Waals surface area (Å²) in [5, 5.41) is 7.96. The van der Waals surface area contributed by atoms with Crippen molar-refractivity contribution in [3.05, 3.63) is 23.0 Å². The highest BCUT2D eigenvalue weighted by molar-refractivity contribution is 7.80. The molecule has 0 unspecified atom stereocenters. The molecule has 1 aromatic rings. The van der Waals surface area contributed by atoms with E-state index in [9.17, 15) is 4.79 Å². The van der Waals surface area contributed by atoms with Crippen LogP contribution in [0.1, 0.15) is 42.0 Å². The van der Waals surface area contributed by atoms with Crippen LogP contribution in [0, 0.1) is 19.8 Å². The molecule has 1 heterocycles. The Hall–Kier alpha value is -1.56. The Morgan fingerprint density at radius 2 is 2.05 bits per heavy atom. The van der Waals surface area contributed by atoms with Crippen LogP contribution in [0.3, 0.4) is 0 Å². The van der Waals surface area contributed by atoms with E-state index in [4.69, 9.17) is 18.0 Å². The van der Waals surface area contributed by atoms with Gasteiger partial charge in [0.15, 0.2) is 0 Å². The van der Waals surface area contributed by atoms with E-state index < -0.39 is 0 Å². The Bertz CT molecular complexity index is 502. The number of hydrogen-bond donors (Lipinski definition) is 1. The molecule has 0 radical (unpaired) electrons. The Balaban J connectivity index is 2.96. The number of aromatic nitrogens is 2. The van der Waals surface area contributed by atoms with E-state index in [1.807, 2.05) is 6.92 Å². The summed E-state index contributed by atoms with van der Waals surface area (Å²) in [7, 11) is 0. The molecule has 0 aromatic carbocycles. The molecule has 110 valence electrons. The van der Waals surface area contributed by atoms with Crippen molar-refractivity contribution in [3.8, 4) is 0 Å². The maximum atomic E-state index is 12.6. The van der Waals surface area contributed by atoms with Crippen LogP contribution in [0.5, 0.6) is 0 Å². The molecule has 1 rings (SSSR count). The van der Waals surface area contributed by atoms with E-state index in [1.54, 1.807) is 17.9 Å². The summed E-state index contributed by atoms with van der Waals surface area (Å²) in [6.45, 7) is 8.97. The van der Waals surface area contributed by atoms with Crippen LogP contribution >= 0.6 is 12.2 Å². The third-order valence-corrected chi connectivity index (χ3v) is 3.04.